The number of amidine groups is 1. The smallest absolute Gasteiger partial charge is 0.253 e. The Morgan fingerprint density at radius 1 is 0.968 bits per heavy atom. The van der Waals surface area contributed by atoms with Crippen LogP contribution in [0.25, 0.3) is 0 Å². The molecular formula is C22H24N4O3S2. The Hall–Kier alpha value is -2.52. The van der Waals surface area contributed by atoms with E-state index in [-0.39, 0.29) is 28.7 Å². The molecule has 3 heterocycles. The second-order valence-corrected chi connectivity index (χ2v) is 11.4. The molecule has 2 aromatic rings. The van der Waals surface area contributed by atoms with E-state index in [1.807, 2.05) is 47.4 Å². The first-order valence-corrected chi connectivity index (χ1v) is 13.1. The second kappa shape index (κ2) is 8.20. The second-order valence-electron chi connectivity index (χ2n) is 8.05. The standard InChI is InChI=1S/C22H24N4O3S2/c27-21(26-12-10-25(11-13-26)18-4-2-1-3-5-18)16-6-8-17(9-7-16)23-22-24-19-14-31(28,29)15-20(19)30-22/h1-9,19-20H,10-15H2,(H,23,24). The minimum atomic E-state index is -2.95. The molecule has 7 nitrogen and oxygen atoms in total. The minimum Gasteiger partial charge on any atom is -0.368 e. The van der Waals surface area contributed by atoms with E-state index in [2.05, 4.69) is 27.3 Å². The number of rotatable bonds is 3. The highest BCUT2D eigenvalue weighted by Gasteiger charge is 2.42. The fourth-order valence-corrected chi connectivity index (χ4v) is 7.90. The van der Waals surface area contributed by atoms with Gasteiger partial charge in [0.1, 0.15) is 0 Å². The van der Waals surface area contributed by atoms with E-state index < -0.39 is 9.84 Å². The Bertz CT molecular complexity index is 1100. The normalized spacial score (nSPS) is 24.6. The molecule has 2 saturated heterocycles. The third-order valence-corrected chi connectivity index (χ3v) is 9.03. The molecule has 1 amide bonds. The van der Waals surface area contributed by atoms with Crippen LogP contribution in [-0.2, 0) is 9.84 Å². The zero-order chi connectivity index (χ0) is 21.4. The molecule has 2 atom stereocenters. The number of nitrogens with zero attached hydrogens (tertiary/aromatic N) is 3. The Morgan fingerprint density at radius 3 is 2.35 bits per heavy atom. The van der Waals surface area contributed by atoms with E-state index in [1.165, 1.54) is 17.4 Å². The maximum Gasteiger partial charge on any atom is 0.253 e. The number of carbonyl (C=O) groups is 1. The number of anilines is 2. The molecule has 0 aliphatic carbocycles. The summed E-state index contributed by atoms with van der Waals surface area (Å²) in [5, 5.41) is 4.02. The molecule has 3 aliphatic heterocycles. The number of aliphatic imine (C=N–C) groups is 1. The van der Waals surface area contributed by atoms with Crippen LogP contribution in [0.2, 0.25) is 0 Å². The number of para-hydroxylation sites is 1. The average Bonchev–Trinajstić information content (AvgIpc) is 3.27. The van der Waals surface area contributed by atoms with Gasteiger partial charge in [-0.3, -0.25) is 9.79 Å². The predicted molar refractivity (Wildman–Crippen MR) is 126 cm³/mol. The highest BCUT2D eigenvalue weighted by atomic mass is 32.2. The van der Waals surface area contributed by atoms with Crippen molar-refractivity contribution >= 4 is 44.0 Å². The van der Waals surface area contributed by atoms with Crippen molar-refractivity contribution in [2.24, 2.45) is 4.99 Å². The van der Waals surface area contributed by atoms with Gasteiger partial charge >= 0.3 is 0 Å². The highest BCUT2D eigenvalue weighted by Crippen LogP contribution is 2.34. The molecule has 31 heavy (non-hydrogen) atoms. The molecule has 9 heteroatoms. The van der Waals surface area contributed by atoms with Crippen LogP contribution in [0, 0.1) is 0 Å². The number of carbonyl (C=O) groups excluding carboxylic acids is 1. The number of thioether (sulfide) groups is 1. The first-order chi connectivity index (χ1) is 15.0. The molecule has 0 spiro atoms. The van der Waals surface area contributed by atoms with Crippen LogP contribution in [0.3, 0.4) is 0 Å². The predicted octanol–water partition coefficient (Wildman–Crippen LogP) is 2.33. The fraction of sp³-hybridized carbons (Fsp3) is 0.364. The fourth-order valence-electron chi connectivity index (χ4n) is 4.22. The van der Waals surface area contributed by atoms with Crippen LogP contribution in [0.4, 0.5) is 11.4 Å². The summed E-state index contributed by atoms with van der Waals surface area (Å²) in [6.45, 7) is 3.05. The third kappa shape index (κ3) is 4.43. The maximum atomic E-state index is 12.9. The van der Waals surface area contributed by atoms with Gasteiger partial charge in [-0.05, 0) is 36.4 Å². The van der Waals surface area contributed by atoms with E-state index in [9.17, 15) is 13.2 Å². The molecule has 2 unspecified atom stereocenters. The summed E-state index contributed by atoms with van der Waals surface area (Å²) >= 11 is 1.49. The van der Waals surface area contributed by atoms with E-state index >= 15 is 0 Å². The van der Waals surface area contributed by atoms with Crippen molar-refractivity contribution in [1.82, 2.24) is 4.90 Å². The molecule has 0 aromatic heterocycles. The van der Waals surface area contributed by atoms with Gasteiger partial charge in [0.25, 0.3) is 5.91 Å². The number of hydrogen-bond donors (Lipinski definition) is 1. The highest BCUT2D eigenvalue weighted by molar-refractivity contribution is 8.15. The van der Waals surface area contributed by atoms with Gasteiger partial charge in [-0.1, -0.05) is 30.0 Å². The summed E-state index contributed by atoms with van der Waals surface area (Å²) in [6.07, 6.45) is 0. The Morgan fingerprint density at radius 2 is 1.68 bits per heavy atom. The summed E-state index contributed by atoms with van der Waals surface area (Å²) in [6, 6.07) is 17.6. The quantitative estimate of drug-likeness (QED) is 0.764. The topological polar surface area (TPSA) is 82.1 Å². The lowest BCUT2D eigenvalue weighted by Gasteiger charge is -2.36. The molecule has 3 aliphatic rings. The summed E-state index contributed by atoms with van der Waals surface area (Å²) in [4.78, 5) is 21.6. The molecule has 5 rings (SSSR count). The Labute approximate surface area is 186 Å². The van der Waals surface area contributed by atoms with Crippen LogP contribution in [-0.4, -0.2) is 73.4 Å². The van der Waals surface area contributed by atoms with Crippen molar-refractivity contribution < 1.29 is 13.2 Å². The molecule has 2 aromatic carbocycles. The van der Waals surface area contributed by atoms with Crippen LogP contribution in [0.15, 0.2) is 59.6 Å². The number of hydrogen-bond acceptors (Lipinski definition) is 7. The summed E-state index contributed by atoms with van der Waals surface area (Å²) in [5.74, 6) is 0.384. The van der Waals surface area contributed by atoms with Crippen LogP contribution >= 0.6 is 11.8 Å². The number of fused-ring (bicyclic) bond motifs is 1. The average molecular weight is 457 g/mol. The third-order valence-electron chi connectivity index (χ3n) is 5.89. The summed E-state index contributed by atoms with van der Waals surface area (Å²) < 4.78 is 23.4. The maximum absolute atomic E-state index is 12.9. The molecular weight excluding hydrogens is 432 g/mol. The van der Waals surface area contributed by atoms with Gasteiger partial charge in [-0.15, -0.1) is 0 Å². The first kappa shape index (κ1) is 20.4. The first-order valence-electron chi connectivity index (χ1n) is 10.4. The van der Waals surface area contributed by atoms with Gasteiger partial charge in [0.15, 0.2) is 15.0 Å². The van der Waals surface area contributed by atoms with Gasteiger partial charge in [0.05, 0.1) is 17.5 Å². The number of piperazine rings is 1. The minimum absolute atomic E-state index is 0.0166. The summed E-state index contributed by atoms with van der Waals surface area (Å²) in [7, 11) is -2.95. The lowest BCUT2D eigenvalue weighted by Crippen LogP contribution is -2.48. The number of benzene rings is 2. The molecule has 0 bridgehead atoms. The van der Waals surface area contributed by atoms with Crippen molar-refractivity contribution in [3.8, 4) is 0 Å². The molecule has 2 fully saturated rings. The number of sulfone groups is 1. The van der Waals surface area contributed by atoms with E-state index in [0.29, 0.717) is 18.7 Å². The van der Waals surface area contributed by atoms with Crippen molar-refractivity contribution in [2.45, 2.75) is 11.3 Å². The zero-order valence-electron chi connectivity index (χ0n) is 17.0. The van der Waals surface area contributed by atoms with Crippen molar-refractivity contribution in [1.29, 1.82) is 0 Å². The van der Waals surface area contributed by atoms with Crippen LogP contribution in [0.5, 0.6) is 0 Å². The zero-order valence-corrected chi connectivity index (χ0v) is 18.6. The van der Waals surface area contributed by atoms with Gasteiger partial charge in [0, 0.05) is 48.4 Å². The van der Waals surface area contributed by atoms with Gasteiger partial charge in [0.2, 0.25) is 0 Å². The summed E-state index contributed by atoms with van der Waals surface area (Å²) in [5.41, 5.74) is 2.71. The van der Waals surface area contributed by atoms with Crippen LogP contribution in [0.1, 0.15) is 10.4 Å². The van der Waals surface area contributed by atoms with E-state index in [0.717, 1.165) is 23.9 Å². The number of amides is 1. The van der Waals surface area contributed by atoms with Crippen molar-refractivity contribution in [2.75, 3.05) is 47.9 Å². The van der Waals surface area contributed by atoms with Gasteiger partial charge < -0.3 is 15.1 Å². The Kier molecular flexibility index (Phi) is 5.39. The molecule has 1 N–H and O–H groups in total. The molecule has 162 valence electrons. The van der Waals surface area contributed by atoms with Crippen LogP contribution < -0.4 is 10.2 Å². The molecule has 0 radical (unpaired) electrons. The lowest BCUT2D eigenvalue weighted by atomic mass is 10.1. The lowest BCUT2D eigenvalue weighted by molar-refractivity contribution is 0.0747. The van der Waals surface area contributed by atoms with Gasteiger partial charge in [-0.2, -0.15) is 0 Å². The Balaban J connectivity index is 1.17. The largest absolute Gasteiger partial charge is 0.368 e. The SMILES string of the molecule is O=C(c1ccc(NC2=NC3CS(=O)(=O)CC3S2)cc1)N1CCN(c2ccccc2)CC1. The van der Waals surface area contributed by atoms with Gasteiger partial charge in [-0.25, -0.2) is 8.42 Å². The molecule has 0 saturated carbocycles. The van der Waals surface area contributed by atoms with E-state index in [4.69, 9.17) is 0 Å². The van der Waals surface area contributed by atoms with E-state index in [1.54, 1.807) is 0 Å². The monoisotopic (exact) mass is 456 g/mol. The van der Waals surface area contributed by atoms with Crippen molar-refractivity contribution in [3.63, 3.8) is 0 Å². The van der Waals surface area contributed by atoms with Crippen molar-refractivity contribution in [3.05, 3.63) is 60.2 Å². The number of nitrogens with one attached hydrogen (secondary N) is 1.